The lowest BCUT2D eigenvalue weighted by Crippen LogP contribution is -2.50. The van der Waals surface area contributed by atoms with Crippen LogP contribution in [0.25, 0.3) is 0 Å². The van der Waals surface area contributed by atoms with Crippen molar-refractivity contribution in [1.29, 1.82) is 0 Å². The number of hydrogen-bond acceptors (Lipinski definition) is 3. The fourth-order valence-corrected chi connectivity index (χ4v) is 2.10. The van der Waals surface area contributed by atoms with Crippen LogP contribution in [0.5, 0.6) is 0 Å². The minimum atomic E-state index is -4.54. The van der Waals surface area contributed by atoms with E-state index in [0.717, 1.165) is 6.07 Å². The summed E-state index contributed by atoms with van der Waals surface area (Å²) in [5.74, 6) is -0.515. The van der Waals surface area contributed by atoms with Crippen LogP contribution in [-0.4, -0.2) is 46.8 Å². The molecule has 2 heterocycles. The molecule has 1 amide bonds. The van der Waals surface area contributed by atoms with Crippen LogP contribution < -0.4 is 0 Å². The van der Waals surface area contributed by atoms with Gasteiger partial charge in [0.25, 0.3) is 5.91 Å². The molecule has 1 atom stereocenters. The molecule has 1 fully saturated rings. The van der Waals surface area contributed by atoms with Crippen LogP contribution in [0.15, 0.2) is 6.07 Å². The second-order valence-corrected chi connectivity index (χ2v) is 6.14. The normalized spacial score (nSPS) is 20.7. The number of carbonyl (C=O) groups is 1. The van der Waals surface area contributed by atoms with Crippen molar-refractivity contribution in [2.45, 2.75) is 33.1 Å². The van der Waals surface area contributed by atoms with Gasteiger partial charge in [0.15, 0.2) is 5.69 Å². The van der Waals surface area contributed by atoms with E-state index >= 15 is 0 Å². The van der Waals surface area contributed by atoms with E-state index in [-0.39, 0.29) is 17.2 Å². The first kappa shape index (κ1) is 15.8. The van der Waals surface area contributed by atoms with Gasteiger partial charge in [-0.15, -0.1) is 0 Å². The van der Waals surface area contributed by atoms with Gasteiger partial charge in [0.1, 0.15) is 5.69 Å². The molecule has 118 valence electrons. The Labute approximate surface area is 120 Å². The maximum Gasteiger partial charge on any atom is 0.432 e. The van der Waals surface area contributed by atoms with E-state index in [2.05, 4.69) is 5.10 Å². The second-order valence-electron chi connectivity index (χ2n) is 6.14. The monoisotopic (exact) mass is 305 g/mol. The lowest BCUT2D eigenvalue weighted by Gasteiger charge is -2.39. The molecular weight excluding hydrogens is 287 g/mol. The lowest BCUT2D eigenvalue weighted by molar-refractivity contribution is -0.141. The summed E-state index contributed by atoms with van der Waals surface area (Å²) >= 11 is 0. The first-order chi connectivity index (χ1) is 9.59. The van der Waals surface area contributed by atoms with Gasteiger partial charge in [0.05, 0.1) is 12.7 Å². The number of amides is 1. The van der Waals surface area contributed by atoms with Crippen LogP contribution in [0.3, 0.4) is 0 Å². The van der Waals surface area contributed by atoms with Crippen LogP contribution in [0.1, 0.15) is 37.0 Å². The van der Waals surface area contributed by atoms with Gasteiger partial charge in [-0.1, -0.05) is 20.8 Å². The van der Waals surface area contributed by atoms with E-state index in [1.165, 1.54) is 4.90 Å². The molecule has 0 spiro atoms. The summed E-state index contributed by atoms with van der Waals surface area (Å²) in [5, 5.41) is 5.32. The number of ether oxygens (including phenoxy) is 1. The molecule has 0 bridgehead atoms. The number of hydrogen-bond donors (Lipinski definition) is 1. The zero-order valence-corrected chi connectivity index (χ0v) is 12.1. The molecule has 1 aliphatic rings. The summed E-state index contributed by atoms with van der Waals surface area (Å²) in [6.45, 7) is 7.02. The molecule has 1 aromatic rings. The van der Waals surface area contributed by atoms with E-state index in [4.69, 9.17) is 4.74 Å². The maximum atomic E-state index is 12.5. The van der Waals surface area contributed by atoms with Gasteiger partial charge in [0, 0.05) is 19.2 Å². The molecule has 0 radical (unpaired) electrons. The van der Waals surface area contributed by atoms with Crippen LogP contribution in [0.4, 0.5) is 13.2 Å². The molecule has 21 heavy (non-hydrogen) atoms. The third-order valence-corrected chi connectivity index (χ3v) is 3.42. The molecule has 0 aromatic carbocycles. The van der Waals surface area contributed by atoms with E-state index in [1.54, 1.807) is 0 Å². The minimum Gasteiger partial charge on any atom is -0.374 e. The molecule has 1 saturated heterocycles. The molecule has 1 N–H and O–H groups in total. The molecule has 5 nitrogen and oxygen atoms in total. The predicted octanol–water partition coefficient (Wildman–Crippen LogP) is 2.32. The summed E-state index contributed by atoms with van der Waals surface area (Å²) in [6.07, 6.45) is -4.69. The summed E-state index contributed by atoms with van der Waals surface area (Å²) in [4.78, 5) is 13.7. The number of carbonyl (C=O) groups excluding carboxylic acids is 1. The van der Waals surface area contributed by atoms with Crippen LogP contribution >= 0.6 is 0 Å². The standard InChI is InChI=1S/C13H18F3N3O2/c1-12(2,3)10-7-19(4-5-21-10)11(20)8-6-9(18-17-8)13(14,15)16/h6,10H,4-5,7H2,1-3H3,(H,17,18)/t10-/m0/s1. The zero-order valence-electron chi connectivity index (χ0n) is 12.1. The Hall–Kier alpha value is -1.57. The molecule has 1 aromatic heterocycles. The summed E-state index contributed by atoms with van der Waals surface area (Å²) in [7, 11) is 0. The third kappa shape index (κ3) is 3.55. The molecule has 8 heteroatoms. The van der Waals surface area contributed by atoms with Crippen molar-refractivity contribution < 1.29 is 22.7 Å². The van der Waals surface area contributed by atoms with Gasteiger partial charge < -0.3 is 9.64 Å². The SMILES string of the molecule is CC(C)(C)[C@@H]1CN(C(=O)c2cc(C(F)(F)F)[nH]n2)CCO1. The van der Waals surface area contributed by atoms with Crippen molar-refractivity contribution in [1.82, 2.24) is 15.1 Å². The van der Waals surface area contributed by atoms with Crippen molar-refractivity contribution in [3.63, 3.8) is 0 Å². The van der Waals surface area contributed by atoms with Crippen molar-refractivity contribution in [3.8, 4) is 0 Å². The number of alkyl halides is 3. The van der Waals surface area contributed by atoms with E-state index in [9.17, 15) is 18.0 Å². The number of aromatic amines is 1. The highest BCUT2D eigenvalue weighted by atomic mass is 19.4. The molecule has 0 unspecified atom stereocenters. The number of halogens is 3. The van der Waals surface area contributed by atoms with Gasteiger partial charge in [-0.05, 0) is 5.41 Å². The Bertz CT molecular complexity index is 519. The average molecular weight is 305 g/mol. The first-order valence-electron chi connectivity index (χ1n) is 6.62. The van der Waals surface area contributed by atoms with E-state index in [1.807, 2.05) is 25.9 Å². The Kier molecular flexibility index (Phi) is 4.01. The number of morpholine rings is 1. The highest BCUT2D eigenvalue weighted by Crippen LogP contribution is 2.29. The zero-order chi connectivity index (χ0) is 15.8. The molecule has 1 aliphatic heterocycles. The number of rotatable bonds is 1. The van der Waals surface area contributed by atoms with Gasteiger partial charge in [-0.25, -0.2) is 0 Å². The Morgan fingerprint density at radius 1 is 1.43 bits per heavy atom. The first-order valence-corrected chi connectivity index (χ1v) is 6.62. The molecule has 2 rings (SSSR count). The summed E-state index contributed by atoms with van der Waals surface area (Å²) in [6, 6.07) is 0.740. The predicted molar refractivity (Wildman–Crippen MR) is 68.7 cm³/mol. The van der Waals surface area contributed by atoms with Gasteiger partial charge in [-0.2, -0.15) is 18.3 Å². The number of nitrogens with zero attached hydrogens (tertiary/aromatic N) is 2. The highest BCUT2D eigenvalue weighted by molar-refractivity contribution is 5.92. The summed E-state index contributed by atoms with van der Waals surface area (Å²) < 4.78 is 43.1. The summed E-state index contributed by atoms with van der Waals surface area (Å²) in [5.41, 5.74) is -1.40. The smallest absolute Gasteiger partial charge is 0.374 e. The fraction of sp³-hybridized carbons (Fsp3) is 0.692. The number of nitrogens with one attached hydrogen (secondary N) is 1. The Morgan fingerprint density at radius 3 is 2.62 bits per heavy atom. The number of H-pyrrole nitrogens is 1. The third-order valence-electron chi connectivity index (χ3n) is 3.42. The Balaban J connectivity index is 2.11. The average Bonchev–Trinajstić information content (AvgIpc) is 2.86. The maximum absolute atomic E-state index is 12.5. The number of aromatic nitrogens is 2. The fourth-order valence-electron chi connectivity index (χ4n) is 2.10. The van der Waals surface area contributed by atoms with Crippen LogP contribution in [-0.2, 0) is 10.9 Å². The molecular formula is C13H18F3N3O2. The van der Waals surface area contributed by atoms with Gasteiger partial charge in [0.2, 0.25) is 0 Å². The van der Waals surface area contributed by atoms with Crippen molar-refractivity contribution in [2.75, 3.05) is 19.7 Å². The lowest BCUT2D eigenvalue weighted by atomic mass is 9.88. The van der Waals surface area contributed by atoms with Gasteiger partial charge in [-0.3, -0.25) is 9.89 Å². The quantitative estimate of drug-likeness (QED) is 0.866. The highest BCUT2D eigenvalue weighted by Gasteiger charge is 2.36. The van der Waals surface area contributed by atoms with E-state index < -0.39 is 17.8 Å². The molecule has 0 saturated carbocycles. The van der Waals surface area contributed by atoms with Crippen molar-refractivity contribution in [3.05, 3.63) is 17.5 Å². The van der Waals surface area contributed by atoms with Gasteiger partial charge >= 0.3 is 6.18 Å². The van der Waals surface area contributed by atoms with Crippen molar-refractivity contribution >= 4 is 5.91 Å². The van der Waals surface area contributed by atoms with Crippen LogP contribution in [0, 0.1) is 5.41 Å². The molecule has 0 aliphatic carbocycles. The Morgan fingerprint density at radius 2 is 2.10 bits per heavy atom. The van der Waals surface area contributed by atoms with Crippen molar-refractivity contribution in [2.24, 2.45) is 5.41 Å². The largest absolute Gasteiger partial charge is 0.432 e. The topological polar surface area (TPSA) is 58.2 Å². The van der Waals surface area contributed by atoms with Crippen LogP contribution in [0.2, 0.25) is 0 Å². The second kappa shape index (κ2) is 5.32. The van der Waals surface area contributed by atoms with E-state index in [0.29, 0.717) is 19.7 Å². The minimum absolute atomic E-state index is 0.151.